The number of rotatable bonds is 4. The topological polar surface area (TPSA) is 77.1 Å². The molecule has 4 aromatic rings. The third-order valence-electron chi connectivity index (χ3n) is 4.37. The van der Waals surface area contributed by atoms with Crippen LogP contribution in [0.25, 0.3) is 5.65 Å². The first kappa shape index (κ1) is 22.4. The predicted octanol–water partition coefficient (Wildman–Crippen LogP) is 5.51. The molecule has 4 rings (SSSR count). The molecule has 0 radical (unpaired) electrons. The Morgan fingerprint density at radius 2 is 1.81 bits per heavy atom. The van der Waals surface area contributed by atoms with Crippen LogP contribution in [0.15, 0.2) is 36.5 Å². The first-order valence-electron chi connectivity index (χ1n) is 8.95. The fourth-order valence-corrected chi connectivity index (χ4v) is 3.54. The number of amides is 1. The molecular formula is C19H12Cl3F3N6O. The molecule has 0 saturated heterocycles. The van der Waals surface area contributed by atoms with Crippen LogP contribution in [-0.4, -0.2) is 30.3 Å². The van der Waals surface area contributed by atoms with E-state index in [1.54, 1.807) is 24.3 Å². The number of fused-ring (bicyclic) bond motifs is 1. The lowest BCUT2D eigenvalue weighted by atomic mass is 10.2. The molecule has 0 spiro atoms. The Kier molecular flexibility index (Phi) is 5.78. The number of carbonyl (C=O) groups is 1. The Balaban J connectivity index is 1.62. The Bertz CT molecular complexity index is 1330. The van der Waals surface area contributed by atoms with Crippen molar-refractivity contribution in [3.05, 3.63) is 74.2 Å². The Morgan fingerprint density at radius 1 is 1.12 bits per heavy atom. The van der Waals surface area contributed by atoms with E-state index < -0.39 is 23.5 Å². The SMILES string of the molecule is Cc1cc(C(F)(F)F)n2nc(C(=O)Nc3nn(Cc4ccc(Cl)cc4)cc3Cl)c(Cl)c2n1. The maximum Gasteiger partial charge on any atom is 0.433 e. The first-order valence-corrected chi connectivity index (χ1v) is 10.1. The van der Waals surface area contributed by atoms with Crippen molar-refractivity contribution in [3.63, 3.8) is 0 Å². The van der Waals surface area contributed by atoms with Gasteiger partial charge in [-0.3, -0.25) is 9.48 Å². The van der Waals surface area contributed by atoms with Crippen molar-refractivity contribution >= 4 is 52.2 Å². The van der Waals surface area contributed by atoms with Crippen molar-refractivity contribution in [2.75, 3.05) is 5.32 Å². The lowest BCUT2D eigenvalue weighted by Gasteiger charge is -2.09. The Hall–Kier alpha value is -2.82. The number of hydrogen-bond acceptors (Lipinski definition) is 4. The molecule has 3 heterocycles. The van der Waals surface area contributed by atoms with E-state index in [1.807, 2.05) is 0 Å². The molecule has 32 heavy (non-hydrogen) atoms. The van der Waals surface area contributed by atoms with Crippen LogP contribution >= 0.6 is 34.8 Å². The maximum atomic E-state index is 13.4. The second-order valence-corrected chi connectivity index (χ2v) is 8.00. The van der Waals surface area contributed by atoms with E-state index in [4.69, 9.17) is 34.8 Å². The molecule has 0 aliphatic heterocycles. The van der Waals surface area contributed by atoms with Crippen LogP contribution in [0, 0.1) is 6.92 Å². The molecule has 0 fully saturated rings. The number of benzene rings is 1. The second kappa shape index (κ2) is 8.27. The van der Waals surface area contributed by atoms with Gasteiger partial charge in [-0.15, -0.1) is 0 Å². The predicted molar refractivity (Wildman–Crippen MR) is 113 cm³/mol. The van der Waals surface area contributed by atoms with Crippen LogP contribution in [0.2, 0.25) is 15.1 Å². The third-order valence-corrected chi connectivity index (χ3v) is 5.25. The van der Waals surface area contributed by atoms with Crippen LogP contribution in [0.1, 0.15) is 27.4 Å². The van der Waals surface area contributed by atoms with Gasteiger partial charge < -0.3 is 5.32 Å². The van der Waals surface area contributed by atoms with E-state index >= 15 is 0 Å². The molecule has 1 amide bonds. The van der Waals surface area contributed by atoms with Gasteiger partial charge in [0.05, 0.1) is 6.54 Å². The normalized spacial score (nSPS) is 11.8. The van der Waals surface area contributed by atoms with E-state index in [0.717, 1.165) is 11.6 Å². The van der Waals surface area contributed by atoms with Crippen molar-refractivity contribution in [1.82, 2.24) is 24.4 Å². The Morgan fingerprint density at radius 3 is 2.47 bits per heavy atom. The number of hydrogen-bond donors (Lipinski definition) is 1. The van der Waals surface area contributed by atoms with E-state index in [-0.39, 0.29) is 27.2 Å². The molecule has 0 aliphatic carbocycles. The van der Waals surface area contributed by atoms with Crippen molar-refractivity contribution in [2.45, 2.75) is 19.6 Å². The van der Waals surface area contributed by atoms with Crippen molar-refractivity contribution in [3.8, 4) is 0 Å². The van der Waals surface area contributed by atoms with Crippen LogP contribution < -0.4 is 5.32 Å². The minimum Gasteiger partial charge on any atom is -0.302 e. The smallest absolute Gasteiger partial charge is 0.302 e. The zero-order chi connectivity index (χ0) is 23.2. The van der Waals surface area contributed by atoms with Gasteiger partial charge in [0, 0.05) is 16.9 Å². The minimum atomic E-state index is -4.72. The lowest BCUT2D eigenvalue weighted by molar-refractivity contribution is -0.142. The maximum absolute atomic E-state index is 13.4. The standard InChI is InChI=1S/C19H12Cl3F3N6O/c1-9-6-13(19(23,24)25)31-17(26-9)14(22)15(28-31)18(32)27-16-12(21)8-30(29-16)7-10-2-4-11(20)5-3-10/h2-6,8H,7H2,1H3,(H,27,29,32). The molecule has 3 aromatic heterocycles. The second-order valence-electron chi connectivity index (χ2n) is 6.78. The monoisotopic (exact) mass is 502 g/mol. The summed E-state index contributed by atoms with van der Waals surface area (Å²) in [5.41, 5.74) is -0.883. The summed E-state index contributed by atoms with van der Waals surface area (Å²) in [6, 6.07) is 7.87. The number of nitrogens with one attached hydrogen (secondary N) is 1. The number of anilines is 1. The van der Waals surface area contributed by atoms with E-state index in [2.05, 4.69) is 20.5 Å². The number of aromatic nitrogens is 5. The summed E-state index contributed by atoms with van der Waals surface area (Å²) in [6.45, 7) is 1.73. The highest BCUT2D eigenvalue weighted by Gasteiger charge is 2.36. The average Bonchev–Trinajstić information content (AvgIpc) is 3.22. The van der Waals surface area contributed by atoms with Crippen molar-refractivity contribution < 1.29 is 18.0 Å². The summed E-state index contributed by atoms with van der Waals surface area (Å²) in [5.74, 6) is -0.885. The molecule has 1 N–H and O–H groups in total. The van der Waals surface area contributed by atoms with Gasteiger partial charge in [0.15, 0.2) is 17.2 Å². The largest absolute Gasteiger partial charge is 0.433 e. The van der Waals surface area contributed by atoms with E-state index in [9.17, 15) is 18.0 Å². The summed E-state index contributed by atoms with van der Waals surface area (Å²) in [5, 5.41) is 10.7. The van der Waals surface area contributed by atoms with E-state index in [1.165, 1.54) is 17.8 Å². The molecule has 166 valence electrons. The molecule has 0 saturated carbocycles. The molecule has 13 heteroatoms. The molecule has 0 aliphatic rings. The van der Waals surface area contributed by atoms with Crippen LogP contribution in [0.4, 0.5) is 19.0 Å². The summed E-state index contributed by atoms with van der Waals surface area (Å²) in [4.78, 5) is 16.7. The van der Waals surface area contributed by atoms with Crippen molar-refractivity contribution in [2.24, 2.45) is 0 Å². The fourth-order valence-electron chi connectivity index (χ4n) is 2.97. The van der Waals surface area contributed by atoms with Gasteiger partial charge in [-0.1, -0.05) is 46.9 Å². The number of carbonyl (C=O) groups excluding carboxylic acids is 1. The average molecular weight is 504 g/mol. The van der Waals surface area contributed by atoms with Crippen LogP contribution in [-0.2, 0) is 12.7 Å². The van der Waals surface area contributed by atoms with Crippen molar-refractivity contribution in [1.29, 1.82) is 0 Å². The minimum absolute atomic E-state index is 0.000984. The highest BCUT2D eigenvalue weighted by molar-refractivity contribution is 6.37. The van der Waals surface area contributed by atoms with Gasteiger partial charge in [-0.05, 0) is 30.7 Å². The van der Waals surface area contributed by atoms with Gasteiger partial charge in [0.1, 0.15) is 15.7 Å². The number of alkyl halides is 3. The third kappa shape index (κ3) is 4.38. The zero-order valence-corrected chi connectivity index (χ0v) is 18.4. The first-order chi connectivity index (χ1) is 15.0. The van der Waals surface area contributed by atoms with Crippen LogP contribution in [0.5, 0.6) is 0 Å². The molecular weight excluding hydrogens is 492 g/mol. The fraction of sp³-hybridized carbons (Fsp3) is 0.158. The number of aryl methyl sites for hydroxylation is 1. The number of nitrogens with zero attached hydrogens (tertiary/aromatic N) is 5. The molecule has 0 atom stereocenters. The Labute approximate surface area is 193 Å². The summed E-state index contributed by atoms with van der Waals surface area (Å²) in [6.07, 6.45) is -3.23. The van der Waals surface area contributed by atoms with Gasteiger partial charge in [-0.25, -0.2) is 9.50 Å². The molecule has 1 aromatic carbocycles. The summed E-state index contributed by atoms with van der Waals surface area (Å²) >= 11 is 18.2. The highest BCUT2D eigenvalue weighted by Crippen LogP contribution is 2.32. The summed E-state index contributed by atoms with van der Waals surface area (Å²) in [7, 11) is 0. The van der Waals surface area contributed by atoms with Crippen LogP contribution in [0.3, 0.4) is 0 Å². The number of halogens is 6. The van der Waals surface area contributed by atoms with Gasteiger partial charge in [0.2, 0.25) is 0 Å². The van der Waals surface area contributed by atoms with Gasteiger partial charge in [0.25, 0.3) is 5.91 Å². The lowest BCUT2D eigenvalue weighted by Crippen LogP contribution is -2.16. The zero-order valence-electron chi connectivity index (χ0n) is 16.1. The highest BCUT2D eigenvalue weighted by atomic mass is 35.5. The summed E-state index contributed by atoms with van der Waals surface area (Å²) < 4.78 is 42.1. The molecule has 0 unspecified atom stereocenters. The van der Waals surface area contributed by atoms with Gasteiger partial charge >= 0.3 is 6.18 Å². The van der Waals surface area contributed by atoms with Gasteiger partial charge in [-0.2, -0.15) is 23.4 Å². The molecule has 7 nitrogen and oxygen atoms in total. The van der Waals surface area contributed by atoms with E-state index in [0.29, 0.717) is 16.1 Å². The molecule has 0 bridgehead atoms. The quantitative estimate of drug-likeness (QED) is 0.398.